The fourth-order valence-electron chi connectivity index (χ4n) is 3.51. The second kappa shape index (κ2) is 8.42. The molecular formula is C21H19FN4O5S. The Bertz CT molecular complexity index is 1300. The molecule has 32 heavy (non-hydrogen) atoms. The molecule has 0 unspecified atom stereocenters. The van der Waals surface area contributed by atoms with Gasteiger partial charge in [-0.2, -0.15) is 0 Å². The van der Waals surface area contributed by atoms with E-state index in [1.165, 1.54) is 34.2 Å². The van der Waals surface area contributed by atoms with E-state index < -0.39 is 27.8 Å². The number of fused-ring (bicyclic) bond motifs is 1. The van der Waals surface area contributed by atoms with E-state index in [2.05, 4.69) is 9.71 Å². The Labute approximate surface area is 183 Å². The van der Waals surface area contributed by atoms with E-state index in [1.807, 2.05) is 0 Å². The highest BCUT2D eigenvalue weighted by atomic mass is 32.2. The quantitative estimate of drug-likeness (QED) is 0.620. The van der Waals surface area contributed by atoms with Gasteiger partial charge in [-0.1, -0.05) is 18.2 Å². The fourth-order valence-corrected chi connectivity index (χ4v) is 4.75. The van der Waals surface area contributed by atoms with Gasteiger partial charge in [-0.15, -0.1) is 0 Å². The lowest BCUT2D eigenvalue weighted by Gasteiger charge is -2.33. The first-order valence-corrected chi connectivity index (χ1v) is 11.2. The summed E-state index contributed by atoms with van der Waals surface area (Å²) in [6.45, 7) is 0.714. The van der Waals surface area contributed by atoms with Crippen LogP contribution in [0.15, 0.2) is 59.6 Å². The van der Waals surface area contributed by atoms with Gasteiger partial charge < -0.3 is 14.9 Å². The van der Waals surface area contributed by atoms with Gasteiger partial charge in [0.05, 0.1) is 11.2 Å². The molecular weight excluding hydrogens is 439 g/mol. The Morgan fingerprint density at radius 3 is 2.38 bits per heavy atom. The van der Waals surface area contributed by atoms with Crippen molar-refractivity contribution in [3.8, 4) is 0 Å². The van der Waals surface area contributed by atoms with Crippen molar-refractivity contribution in [2.75, 3.05) is 30.9 Å². The summed E-state index contributed by atoms with van der Waals surface area (Å²) in [6.07, 6.45) is 0.416. The first-order chi connectivity index (χ1) is 15.3. The maximum absolute atomic E-state index is 14.7. The number of aromatic nitrogens is 1. The summed E-state index contributed by atoms with van der Waals surface area (Å²) < 4.78 is 42.7. The van der Waals surface area contributed by atoms with E-state index in [1.54, 1.807) is 24.3 Å². The molecule has 3 aromatic rings. The van der Waals surface area contributed by atoms with Gasteiger partial charge in [-0.05, 0) is 30.3 Å². The highest BCUT2D eigenvalue weighted by molar-refractivity contribution is 7.93. The van der Waals surface area contributed by atoms with E-state index >= 15 is 0 Å². The summed E-state index contributed by atoms with van der Waals surface area (Å²) in [6, 6.07) is 11.6. The van der Waals surface area contributed by atoms with Crippen molar-refractivity contribution in [3.63, 3.8) is 0 Å². The zero-order valence-electron chi connectivity index (χ0n) is 16.7. The van der Waals surface area contributed by atoms with E-state index in [4.69, 9.17) is 5.11 Å². The standard InChI is InChI=1S/C21H19FN4O5S/c22-16-13-15(20(27)25-9-11-26(12-10-25)21(28)29)6-7-17(16)24-32(30,31)18-5-1-3-14-4-2-8-23-19(14)18/h1-8,13,24H,9-12H2,(H,28,29). The molecule has 2 aromatic carbocycles. The number of carbonyl (C=O) groups excluding carboxylic acids is 1. The number of piperazine rings is 1. The van der Waals surface area contributed by atoms with Gasteiger partial charge in [0.2, 0.25) is 0 Å². The molecule has 0 spiro atoms. The third-order valence-electron chi connectivity index (χ3n) is 5.18. The van der Waals surface area contributed by atoms with Crippen LogP contribution in [0.1, 0.15) is 10.4 Å². The predicted molar refractivity (Wildman–Crippen MR) is 114 cm³/mol. The smallest absolute Gasteiger partial charge is 0.407 e. The van der Waals surface area contributed by atoms with Crippen LogP contribution >= 0.6 is 0 Å². The van der Waals surface area contributed by atoms with Gasteiger partial charge in [0.25, 0.3) is 15.9 Å². The Morgan fingerprint density at radius 2 is 1.69 bits per heavy atom. The average Bonchev–Trinajstić information content (AvgIpc) is 2.79. The number of sulfonamides is 1. The van der Waals surface area contributed by atoms with Crippen molar-refractivity contribution < 1.29 is 27.5 Å². The number of para-hydroxylation sites is 1. The molecule has 1 fully saturated rings. The van der Waals surface area contributed by atoms with Crippen LogP contribution in [-0.2, 0) is 10.0 Å². The largest absolute Gasteiger partial charge is 0.465 e. The average molecular weight is 458 g/mol. The molecule has 9 nitrogen and oxygen atoms in total. The molecule has 1 aliphatic heterocycles. The fraction of sp³-hybridized carbons (Fsp3) is 0.190. The lowest BCUT2D eigenvalue weighted by atomic mass is 10.1. The molecule has 4 rings (SSSR count). The van der Waals surface area contributed by atoms with Crippen molar-refractivity contribution in [2.24, 2.45) is 0 Å². The SMILES string of the molecule is O=C(O)N1CCN(C(=O)c2ccc(NS(=O)(=O)c3cccc4cccnc34)c(F)c2)CC1. The normalized spacial score (nSPS) is 14.4. The molecule has 2 N–H and O–H groups in total. The lowest BCUT2D eigenvalue weighted by Crippen LogP contribution is -2.50. The first kappa shape index (κ1) is 21.5. The maximum atomic E-state index is 14.7. The maximum Gasteiger partial charge on any atom is 0.407 e. The molecule has 0 aliphatic carbocycles. The first-order valence-electron chi connectivity index (χ1n) is 9.69. The zero-order chi connectivity index (χ0) is 22.9. The van der Waals surface area contributed by atoms with E-state index in [0.717, 1.165) is 6.07 Å². The highest BCUT2D eigenvalue weighted by Crippen LogP contribution is 2.25. The van der Waals surface area contributed by atoms with Gasteiger partial charge in [0.1, 0.15) is 10.7 Å². The number of nitrogens with zero attached hydrogens (tertiary/aromatic N) is 3. The number of benzene rings is 2. The number of carboxylic acid groups (broad SMARTS) is 1. The zero-order valence-corrected chi connectivity index (χ0v) is 17.5. The molecule has 0 bridgehead atoms. The van der Waals surface area contributed by atoms with Crippen LogP contribution in [0.4, 0.5) is 14.9 Å². The van der Waals surface area contributed by atoms with Crippen molar-refractivity contribution in [1.29, 1.82) is 0 Å². The molecule has 11 heteroatoms. The number of hydrogen-bond acceptors (Lipinski definition) is 5. The van der Waals surface area contributed by atoms with Crippen molar-refractivity contribution in [2.45, 2.75) is 4.90 Å². The van der Waals surface area contributed by atoms with Crippen LogP contribution in [0.2, 0.25) is 0 Å². The van der Waals surface area contributed by atoms with Crippen LogP contribution in [0.5, 0.6) is 0 Å². The minimum atomic E-state index is -4.14. The molecule has 0 saturated carbocycles. The van der Waals surface area contributed by atoms with Gasteiger partial charge in [-0.25, -0.2) is 17.6 Å². The van der Waals surface area contributed by atoms with Crippen LogP contribution < -0.4 is 4.72 Å². The number of nitrogens with one attached hydrogen (secondary N) is 1. The van der Waals surface area contributed by atoms with Crippen LogP contribution in [0.3, 0.4) is 0 Å². The Morgan fingerprint density at radius 1 is 1.00 bits per heavy atom. The Kier molecular flexibility index (Phi) is 5.66. The van der Waals surface area contributed by atoms with Crippen LogP contribution in [0.25, 0.3) is 10.9 Å². The third kappa shape index (κ3) is 4.19. The number of hydrogen-bond donors (Lipinski definition) is 2. The predicted octanol–water partition coefficient (Wildman–Crippen LogP) is 2.61. The second-order valence-corrected chi connectivity index (χ2v) is 8.84. The number of rotatable bonds is 4. The summed E-state index contributed by atoms with van der Waals surface area (Å²) in [4.78, 5) is 30.3. The summed E-state index contributed by atoms with van der Waals surface area (Å²) in [5, 5.41) is 9.62. The number of anilines is 1. The van der Waals surface area contributed by atoms with E-state index in [0.29, 0.717) is 5.39 Å². The van der Waals surface area contributed by atoms with E-state index in [9.17, 15) is 22.4 Å². The molecule has 1 aliphatic rings. The lowest BCUT2D eigenvalue weighted by molar-refractivity contribution is 0.0624. The van der Waals surface area contributed by atoms with Crippen molar-refractivity contribution >= 4 is 38.6 Å². The summed E-state index contributed by atoms with van der Waals surface area (Å²) in [5.41, 5.74) is 0.00133. The summed E-state index contributed by atoms with van der Waals surface area (Å²) >= 11 is 0. The van der Waals surface area contributed by atoms with Crippen molar-refractivity contribution in [3.05, 3.63) is 66.1 Å². The van der Waals surface area contributed by atoms with E-state index in [-0.39, 0.29) is 47.8 Å². The minimum Gasteiger partial charge on any atom is -0.465 e. The van der Waals surface area contributed by atoms with Crippen LogP contribution in [-0.4, -0.2) is 66.5 Å². The van der Waals surface area contributed by atoms with Gasteiger partial charge in [-0.3, -0.25) is 14.5 Å². The van der Waals surface area contributed by atoms with Gasteiger partial charge >= 0.3 is 6.09 Å². The van der Waals surface area contributed by atoms with Crippen molar-refractivity contribution in [1.82, 2.24) is 14.8 Å². The monoisotopic (exact) mass is 458 g/mol. The summed E-state index contributed by atoms with van der Waals surface area (Å²) in [5.74, 6) is -1.36. The minimum absolute atomic E-state index is 0.0426. The molecule has 1 saturated heterocycles. The third-order valence-corrected chi connectivity index (χ3v) is 6.58. The van der Waals surface area contributed by atoms with Crippen LogP contribution in [0, 0.1) is 5.82 Å². The number of pyridine rings is 1. The molecule has 0 radical (unpaired) electrons. The number of carbonyl (C=O) groups is 2. The number of amides is 2. The Balaban J connectivity index is 1.53. The van der Waals surface area contributed by atoms with Gasteiger partial charge in [0, 0.05) is 43.3 Å². The van der Waals surface area contributed by atoms with Gasteiger partial charge in [0.15, 0.2) is 0 Å². The molecule has 2 heterocycles. The molecule has 0 atom stereocenters. The second-order valence-electron chi connectivity index (χ2n) is 7.19. The summed E-state index contributed by atoms with van der Waals surface area (Å²) in [7, 11) is -4.14. The molecule has 1 aromatic heterocycles. The molecule has 2 amide bonds. The topological polar surface area (TPSA) is 120 Å². The highest BCUT2D eigenvalue weighted by Gasteiger charge is 2.26. The molecule has 166 valence electrons. The Hall–Kier alpha value is -3.73. The number of halogens is 1.